The number of rotatable bonds is 4. The van der Waals surface area contributed by atoms with Crippen molar-refractivity contribution in [3.05, 3.63) is 0 Å². The van der Waals surface area contributed by atoms with Crippen LogP contribution in [-0.2, 0) is 4.79 Å². The maximum Gasteiger partial charge on any atom is 0.225 e. The SMILES string of the molecule is CC(N)CCNC(=O)C1(C)CCCCC1. The average molecular weight is 212 g/mol. The van der Waals surface area contributed by atoms with Crippen molar-refractivity contribution in [3.8, 4) is 0 Å². The maximum atomic E-state index is 11.9. The molecule has 0 saturated heterocycles. The van der Waals surface area contributed by atoms with Gasteiger partial charge in [-0.25, -0.2) is 0 Å². The van der Waals surface area contributed by atoms with E-state index in [1.54, 1.807) is 0 Å². The molecule has 3 heteroatoms. The van der Waals surface area contributed by atoms with Crippen LogP contribution in [0.3, 0.4) is 0 Å². The molecule has 15 heavy (non-hydrogen) atoms. The van der Waals surface area contributed by atoms with E-state index in [0.717, 1.165) is 19.3 Å². The van der Waals surface area contributed by atoms with Gasteiger partial charge < -0.3 is 11.1 Å². The lowest BCUT2D eigenvalue weighted by Gasteiger charge is -2.32. The monoisotopic (exact) mass is 212 g/mol. The van der Waals surface area contributed by atoms with Gasteiger partial charge in [0.25, 0.3) is 0 Å². The van der Waals surface area contributed by atoms with Crippen LogP contribution in [-0.4, -0.2) is 18.5 Å². The predicted molar refractivity (Wildman–Crippen MR) is 62.5 cm³/mol. The predicted octanol–water partition coefficient (Wildman–Crippen LogP) is 1.81. The van der Waals surface area contributed by atoms with E-state index in [9.17, 15) is 4.79 Å². The molecular weight excluding hydrogens is 188 g/mol. The van der Waals surface area contributed by atoms with Gasteiger partial charge in [-0.1, -0.05) is 26.2 Å². The molecule has 0 radical (unpaired) electrons. The highest BCUT2D eigenvalue weighted by Gasteiger charge is 2.33. The topological polar surface area (TPSA) is 55.1 Å². The fraction of sp³-hybridized carbons (Fsp3) is 0.917. The Bertz CT molecular complexity index is 208. The molecule has 1 saturated carbocycles. The second kappa shape index (κ2) is 5.50. The van der Waals surface area contributed by atoms with Crippen LogP contribution >= 0.6 is 0 Å². The molecule has 1 fully saturated rings. The summed E-state index contributed by atoms with van der Waals surface area (Å²) in [6.07, 6.45) is 6.60. The van der Waals surface area contributed by atoms with Crippen molar-refractivity contribution in [2.45, 2.75) is 58.4 Å². The summed E-state index contributed by atoms with van der Waals surface area (Å²) in [4.78, 5) is 11.9. The van der Waals surface area contributed by atoms with Crippen LogP contribution in [0.5, 0.6) is 0 Å². The lowest BCUT2D eigenvalue weighted by molar-refractivity contribution is -0.131. The fourth-order valence-electron chi connectivity index (χ4n) is 2.19. The Morgan fingerprint density at radius 2 is 2.00 bits per heavy atom. The van der Waals surface area contributed by atoms with Crippen molar-refractivity contribution in [1.29, 1.82) is 0 Å². The first kappa shape index (κ1) is 12.5. The quantitative estimate of drug-likeness (QED) is 0.746. The second-order valence-electron chi connectivity index (χ2n) is 5.14. The lowest BCUT2D eigenvalue weighted by Crippen LogP contribution is -2.41. The molecule has 0 aromatic heterocycles. The number of nitrogens with one attached hydrogen (secondary N) is 1. The van der Waals surface area contributed by atoms with E-state index in [-0.39, 0.29) is 17.4 Å². The highest BCUT2D eigenvalue weighted by molar-refractivity contribution is 5.82. The molecule has 88 valence electrons. The molecule has 0 aromatic rings. The molecular formula is C12H24N2O. The molecule has 0 aliphatic heterocycles. The average Bonchev–Trinajstić information content (AvgIpc) is 2.18. The minimum Gasteiger partial charge on any atom is -0.356 e. The van der Waals surface area contributed by atoms with Crippen LogP contribution in [0.1, 0.15) is 52.4 Å². The van der Waals surface area contributed by atoms with Gasteiger partial charge in [-0.3, -0.25) is 4.79 Å². The lowest BCUT2D eigenvalue weighted by atomic mass is 9.75. The van der Waals surface area contributed by atoms with Crippen molar-refractivity contribution in [1.82, 2.24) is 5.32 Å². The fourth-order valence-corrected chi connectivity index (χ4v) is 2.19. The Hall–Kier alpha value is -0.570. The van der Waals surface area contributed by atoms with Gasteiger partial charge in [0, 0.05) is 18.0 Å². The van der Waals surface area contributed by atoms with Crippen molar-refractivity contribution in [3.63, 3.8) is 0 Å². The Balaban J connectivity index is 2.31. The molecule has 1 atom stereocenters. The molecule has 1 rings (SSSR count). The Labute approximate surface area is 92.8 Å². The molecule has 1 aliphatic rings. The first-order valence-corrected chi connectivity index (χ1v) is 6.08. The number of carbonyl (C=O) groups excluding carboxylic acids is 1. The third-order valence-electron chi connectivity index (χ3n) is 3.39. The molecule has 3 N–H and O–H groups in total. The van der Waals surface area contributed by atoms with Crippen LogP contribution in [0.25, 0.3) is 0 Å². The zero-order chi connectivity index (χ0) is 11.3. The summed E-state index contributed by atoms with van der Waals surface area (Å²) in [5, 5.41) is 3.01. The van der Waals surface area contributed by atoms with Gasteiger partial charge in [0.05, 0.1) is 0 Å². The number of nitrogens with two attached hydrogens (primary N) is 1. The molecule has 0 bridgehead atoms. The highest BCUT2D eigenvalue weighted by atomic mass is 16.2. The zero-order valence-electron chi connectivity index (χ0n) is 10.0. The van der Waals surface area contributed by atoms with E-state index in [0.29, 0.717) is 6.54 Å². The Kier molecular flexibility index (Phi) is 4.58. The summed E-state index contributed by atoms with van der Waals surface area (Å²) in [6, 6.07) is 0.171. The summed E-state index contributed by atoms with van der Waals surface area (Å²) < 4.78 is 0. The first-order valence-electron chi connectivity index (χ1n) is 6.08. The normalized spacial score (nSPS) is 22.1. The highest BCUT2D eigenvalue weighted by Crippen LogP contribution is 2.35. The van der Waals surface area contributed by atoms with Gasteiger partial charge in [0.15, 0.2) is 0 Å². The van der Waals surface area contributed by atoms with Crippen molar-refractivity contribution in [2.24, 2.45) is 11.1 Å². The van der Waals surface area contributed by atoms with Crippen molar-refractivity contribution < 1.29 is 4.79 Å². The van der Waals surface area contributed by atoms with Crippen LogP contribution in [0.4, 0.5) is 0 Å². The van der Waals surface area contributed by atoms with Crippen LogP contribution in [0.15, 0.2) is 0 Å². The van der Waals surface area contributed by atoms with Gasteiger partial charge in [0.1, 0.15) is 0 Å². The smallest absolute Gasteiger partial charge is 0.225 e. The molecule has 0 aromatic carbocycles. The van der Waals surface area contributed by atoms with E-state index < -0.39 is 0 Å². The van der Waals surface area contributed by atoms with Gasteiger partial charge >= 0.3 is 0 Å². The number of amides is 1. The summed E-state index contributed by atoms with van der Waals surface area (Å²) in [6.45, 7) is 4.77. The molecule has 1 amide bonds. The third kappa shape index (κ3) is 3.82. The van der Waals surface area contributed by atoms with E-state index in [1.807, 2.05) is 6.92 Å². The molecule has 1 unspecified atom stereocenters. The van der Waals surface area contributed by atoms with Gasteiger partial charge in [-0.2, -0.15) is 0 Å². The zero-order valence-corrected chi connectivity index (χ0v) is 10.0. The molecule has 0 heterocycles. The number of carbonyl (C=O) groups is 1. The van der Waals surface area contributed by atoms with Crippen LogP contribution in [0.2, 0.25) is 0 Å². The summed E-state index contributed by atoms with van der Waals surface area (Å²) >= 11 is 0. The second-order valence-corrected chi connectivity index (χ2v) is 5.14. The maximum absolute atomic E-state index is 11.9. The Morgan fingerprint density at radius 3 is 2.53 bits per heavy atom. The van der Waals surface area contributed by atoms with Crippen molar-refractivity contribution in [2.75, 3.05) is 6.54 Å². The standard InChI is InChI=1S/C12H24N2O/c1-10(13)6-9-14-11(15)12(2)7-4-3-5-8-12/h10H,3-9,13H2,1-2H3,(H,14,15). The van der Waals surface area contributed by atoms with Gasteiger partial charge in [-0.15, -0.1) is 0 Å². The number of hydrogen-bond acceptors (Lipinski definition) is 2. The minimum atomic E-state index is -0.115. The van der Waals surface area contributed by atoms with Crippen LogP contribution in [0, 0.1) is 5.41 Å². The van der Waals surface area contributed by atoms with Gasteiger partial charge in [-0.05, 0) is 26.2 Å². The van der Waals surface area contributed by atoms with Gasteiger partial charge in [0.2, 0.25) is 5.91 Å². The van der Waals surface area contributed by atoms with E-state index in [2.05, 4.69) is 12.2 Å². The third-order valence-corrected chi connectivity index (χ3v) is 3.39. The van der Waals surface area contributed by atoms with Crippen LogP contribution < -0.4 is 11.1 Å². The number of hydrogen-bond donors (Lipinski definition) is 2. The molecule has 1 aliphatic carbocycles. The largest absolute Gasteiger partial charge is 0.356 e. The minimum absolute atomic E-state index is 0.115. The first-order chi connectivity index (χ1) is 7.04. The van der Waals surface area contributed by atoms with E-state index >= 15 is 0 Å². The summed E-state index contributed by atoms with van der Waals surface area (Å²) in [5.74, 6) is 0.225. The van der Waals surface area contributed by atoms with E-state index in [1.165, 1.54) is 19.3 Å². The Morgan fingerprint density at radius 1 is 1.40 bits per heavy atom. The van der Waals surface area contributed by atoms with E-state index in [4.69, 9.17) is 5.73 Å². The van der Waals surface area contributed by atoms with Crippen molar-refractivity contribution >= 4 is 5.91 Å². The summed E-state index contributed by atoms with van der Waals surface area (Å²) in [5.41, 5.74) is 5.52. The molecule has 0 spiro atoms. The summed E-state index contributed by atoms with van der Waals surface area (Å²) in [7, 11) is 0. The molecule has 3 nitrogen and oxygen atoms in total.